The molecule has 3 nitrogen and oxygen atoms in total. The van der Waals surface area contributed by atoms with Gasteiger partial charge in [-0.05, 0) is 30.0 Å². The van der Waals surface area contributed by atoms with Crippen LogP contribution >= 0.6 is 0 Å². The second-order valence-corrected chi connectivity index (χ2v) is 4.61. The molecule has 1 aromatic carbocycles. The maximum absolute atomic E-state index is 8.89. The van der Waals surface area contributed by atoms with E-state index >= 15 is 0 Å². The van der Waals surface area contributed by atoms with Crippen LogP contribution in [0.2, 0.25) is 0 Å². The van der Waals surface area contributed by atoms with Crippen molar-refractivity contribution >= 4 is 11.0 Å². The molecule has 3 heteroatoms. The van der Waals surface area contributed by atoms with E-state index in [1.165, 1.54) is 0 Å². The van der Waals surface area contributed by atoms with Crippen molar-refractivity contribution in [3.63, 3.8) is 0 Å². The van der Waals surface area contributed by atoms with E-state index in [2.05, 4.69) is 29.9 Å². The first-order valence-corrected chi connectivity index (χ1v) is 5.77. The van der Waals surface area contributed by atoms with Gasteiger partial charge >= 0.3 is 0 Å². The van der Waals surface area contributed by atoms with Crippen LogP contribution in [0.15, 0.2) is 18.2 Å². The predicted octanol–water partition coefficient (Wildman–Crippen LogP) is 2.30. The average Bonchev–Trinajstić information content (AvgIpc) is 2.58. The van der Waals surface area contributed by atoms with Gasteiger partial charge in [0.15, 0.2) is 0 Å². The van der Waals surface area contributed by atoms with Gasteiger partial charge in [0.2, 0.25) is 0 Å². The Bertz CT molecular complexity index is 474. The summed E-state index contributed by atoms with van der Waals surface area (Å²) in [6, 6.07) is 6.11. The molecule has 0 amide bonds. The van der Waals surface area contributed by atoms with Crippen LogP contribution in [0.5, 0.6) is 0 Å². The third-order valence-corrected chi connectivity index (χ3v) is 2.60. The minimum atomic E-state index is 0.193. The summed E-state index contributed by atoms with van der Waals surface area (Å²) in [5.41, 5.74) is 3.23. The molecule has 1 aromatic heterocycles. The highest BCUT2D eigenvalue weighted by atomic mass is 16.2. The van der Waals surface area contributed by atoms with Gasteiger partial charge in [-0.25, -0.2) is 4.98 Å². The SMILES string of the molecule is CC(C)Cc1nc2ccc(CCO)cc2[nH]1. The lowest BCUT2D eigenvalue weighted by molar-refractivity contribution is 0.299. The van der Waals surface area contributed by atoms with E-state index in [0.717, 1.165) is 28.8 Å². The van der Waals surface area contributed by atoms with Crippen molar-refractivity contribution in [2.75, 3.05) is 6.61 Å². The summed E-state index contributed by atoms with van der Waals surface area (Å²) >= 11 is 0. The van der Waals surface area contributed by atoms with E-state index in [9.17, 15) is 0 Å². The molecule has 1 heterocycles. The number of H-pyrrole nitrogens is 1. The van der Waals surface area contributed by atoms with Crippen molar-refractivity contribution < 1.29 is 5.11 Å². The molecule has 0 atom stereocenters. The molecule has 0 aliphatic rings. The van der Waals surface area contributed by atoms with E-state index < -0.39 is 0 Å². The molecule has 0 radical (unpaired) electrons. The van der Waals surface area contributed by atoms with Crippen molar-refractivity contribution in [2.24, 2.45) is 5.92 Å². The Kier molecular flexibility index (Phi) is 3.25. The minimum Gasteiger partial charge on any atom is -0.396 e. The third-order valence-electron chi connectivity index (χ3n) is 2.60. The number of aliphatic hydroxyl groups is 1. The molecule has 0 aliphatic carbocycles. The van der Waals surface area contributed by atoms with Crippen LogP contribution in [0.4, 0.5) is 0 Å². The summed E-state index contributed by atoms with van der Waals surface area (Å²) in [6.45, 7) is 4.56. The van der Waals surface area contributed by atoms with E-state index in [0.29, 0.717) is 12.3 Å². The Labute approximate surface area is 95.5 Å². The van der Waals surface area contributed by atoms with Crippen molar-refractivity contribution in [1.29, 1.82) is 0 Å². The molecule has 2 rings (SSSR count). The van der Waals surface area contributed by atoms with Gasteiger partial charge in [-0.15, -0.1) is 0 Å². The molecule has 2 aromatic rings. The number of nitrogens with one attached hydrogen (secondary N) is 1. The van der Waals surface area contributed by atoms with E-state index in [4.69, 9.17) is 5.11 Å². The second kappa shape index (κ2) is 4.66. The monoisotopic (exact) mass is 218 g/mol. The molecule has 0 bridgehead atoms. The van der Waals surface area contributed by atoms with E-state index in [1.54, 1.807) is 0 Å². The number of imidazole rings is 1. The lowest BCUT2D eigenvalue weighted by Crippen LogP contribution is -1.95. The number of aliphatic hydroxyl groups excluding tert-OH is 1. The van der Waals surface area contributed by atoms with Crippen LogP contribution in [-0.2, 0) is 12.8 Å². The summed E-state index contributed by atoms with van der Waals surface area (Å²) in [4.78, 5) is 7.87. The highest BCUT2D eigenvalue weighted by Gasteiger charge is 2.05. The van der Waals surface area contributed by atoms with Gasteiger partial charge in [0.1, 0.15) is 5.82 Å². The first-order chi connectivity index (χ1) is 7.69. The highest BCUT2D eigenvalue weighted by molar-refractivity contribution is 5.75. The van der Waals surface area contributed by atoms with Gasteiger partial charge in [-0.1, -0.05) is 19.9 Å². The first-order valence-electron chi connectivity index (χ1n) is 5.77. The molecule has 0 saturated carbocycles. The molecule has 0 saturated heterocycles. The smallest absolute Gasteiger partial charge is 0.107 e. The summed E-state index contributed by atoms with van der Waals surface area (Å²) in [7, 11) is 0. The standard InChI is InChI=1S/C13H18N2O/c1-9(2)7-13-14-11-4-3-10(5-6-16)8-12(11)15-13/h3-4,8-9,16H,5-7H2,1-2H3,(H,14,15). The first kappa shape index (κ1) is 11.1. The molecule has 0 fully saturated rings. The quantitative estimate of drug-likeness (QED) is 0.827. The number of benzene rings is 1. The van der Waals surface area contributed by atoms with E-state index in [1.807, 2.05) is 12.1 Å². The Balaban J connectivity index is 2.30. The number of nitrogens with zero attached hydrogens (tertiary/aromatic N) is 1. The Morgan fingerprint density at radius 2 is 2.19 bits per heavy atom. The van der Waals surface area contributed by atoms with Crippen molar-refractivity contribution in [2.45, 2.75) is 26.7 Å². The van der Waals surface area contributed by atoms with Crippen molar-refractivity contribution in [1.82, 2.24) is 9.97 Å². The minimum absolute atomic E-state index is 0.193. The number of hydrogen-bond donors (Lipinski definition) is 2. The maximum Gasteiger partial charge on any atom is 0.107 e. The summed E-state index contributed by atoms with van der Waals surface area (Å²) < 4.78 is 0. The highest BCUT2D eigenvalue weighted by Crippen LogP contribution is 2.15. The van der Waals surface area contributed by atoms with Gasteiger partial charge in [0.25, 0.3) is 0 Å². The predicted molar refractivity (Wildman–Crippen MR) is 65.4 cm³/mol. The Morgan fingerprint density at radius 1 is 1.38 bits per heavy atom. The zero-order valence-electron chi connectivity index (χ0n) is 9.83. The fraction of sp³-hybridized carbons (Fsp3) is 0.462. The van der Waals surface area contributed by atoms with Crippen LogP contribution in [0.3, 0.4) is 0 Å². The fourth-order valence-electron chi connectivity index (χ4n) is 1.88. The van der Waals surface area contributed by atoms with Gasteiger partial charge in [0.05, 0.1) is 11.0 Å². The normalized spacial score (nSPS) is 11.5. The zero-order valence-corrected chi connectivity index (χ0v) is 9.83. The summed E-state index contributed by atoms with van der Waals surface area (Å²) in [5, 5.41) is 8.89. The zero-order chi connectivity index (χ0) is 11.5. The third kappa shape index (κ3) is 2.42. The maximum atomic E-state index is 8.89. The fourth-order valence-corrected chi connectivity index (χ4v) is 1.88. The van der Waals surface area contributed by atoms with Crippen LogP contribution in [0.25, 0.3) is 11.0 Å². The molecule has 2 N–H and O–H groups in total. The number of aromatic amines is 1. The number of fused-ring (bicyclic) bond motifs is 1. The largest absolute Gasteiger partial charge is 0.396 e. The second-order valence-electron chi connectivity index (χ2n) is 4.61. The number of rotatable bonds is 4. The van der Waals surface area contributed by atoms with Crippen LogP contribution in [0.1, 0.15) is 25.2 Å². The molecule has 16 heavy (non-hydrogen) atoms. The van der Waals surface area contributed by atoms with E-state index in [-0.39, 0.29) is 6.61 Å². The lowest BCUT2D eigenvalue weighted by Gasteiger charge is -1.98. The van der Waals surface area contributed by atoms with Gasteiger partial charge < -0.3 is 10.1 Å². The summed E-state index contributed by atoms with van der Waals surface area (Å²) in [6.07, 6.45) is 1.68. The van der Waals surface area contributed by atoms with Gasteiger partial charge in [0, 0.05) is 13.0 Å². The number of hydrogen-bond acceptors (Lipinski definition) is 2. The molecular weight excluding hydrogens is 200 g/mol. The lowest BCUT2D eigenvalue weighted by atomic mass is 10.1. The Morgan fingerprint density at radius 3 is 2.88 bits per heavy atom. The molecule has 0 spiro atoms. The molecule has 0 aliphatic heterocycles. The molecule has 0 unspecified atom stereocenters. The van der Waals surface area contributed by atoms with Crippen LogP contribution in [-0.4, -0.2) is 21.7 Å². The molecule has 86 valence electrons. The van der Waals surface area contributed by atoms with Crippen molar-refractivity contribution in [3.05, 3.63) is 29.6 Å². The summed E-state index contributed by atoms with van der Waals surface area (Å²) in [5.74, 6) is 1.66. The topological polar surface area (TPSA) is 48.9 Å². The van der Waals surface area contributed by atoms with Crippen LogP contribution < -0.4 is 0 Å². The van der Waals surface area contributed by atoms with Crippen LogP contribution in [0, 0.1) is 5.92 Å². The number of aromatic nitrogens is 2. The van der Waals surface area contributed by atoms with Gasteiger partial charge in [-0.3, -0.25) is 0 Å². The average molecular weight is 218 g/mol. The van der Waals surface area contributed by atoms with Crippen molar-refractivity contribution in [3.8, 4) is 0 Å². The molecular formula is C13H18N2O. The van der Waals surface area contributed by atoms with Gasteiger partial charge in [-0.2, -0.15) is 0 Å². The Hall–Kier alpha value is -1.35.